The standard InChI is InChI=1S/C21H22N4O5/c1-23(2)11-4-12-24-18(15-5-3-10-22-13-15)17(20(27)21(24)28)19(26)14-6-8-16(9-7-14)25(29)30/h3,5-10,13,18,26H,4,11-12H2,1-2H3/b19-17-. The van der Waals surface area contributed by atoms with Crippen molar-refractivity contribution in [2.24, 2.45) is 0 Å². The number of nitrogens with zero attached hydrogens (tertiary/aromatic N) is 4. The molecule has 1 aliphatic heterocycles. The quantitative estimate of drug-likeness (QED) is 0.245. The van der Waals surface area contributed by atoms with E-state index in [1.807, 2.05) is 19.0 Å². The Labute approximate surface area is 173 Å². The maximum atomic E-state index is 12.8. The minimum absolute atomic E-state index is 0.0493. The molecule has 0 bridgehead atoms. The van der Waals surface area contributed by atoms with E-state index in [-0.39, 0.29) is 22.6 Å². The highest BCUT2D eigenvalue weighted by atomic mass is 16.6. The highest BCUT2D eigenvalue weighted by molar-refractivity contribution is 6.46. The second kappa shape index (κ2) is 8.83. The zero-order valence-corrected chi connectivity index (χ0v) is 16.7. The number of non-ortho nitro benzene ring substituents is 1. The molecule has 9 nitrogen and oxygen atoms in total. The first kappa shape index (κ1) is 21.1. The fraction of sp³-hybridized carbons (Fsp3) is 0.286. The number of aliphatic hydroxyl groups is 1. The number of ketones is 1. The van der Waals surface area contributed by atoms with Crippen LogP contribution in [0.4, 0.5) is 5.69 Å². The first-order chi connectivity index (χ1) is 14.3. The summed E-state index contributed by atoms with van der Waals surface area (Å²) in [7, 11) is 3.84. The van der Waals surface area contributed by atoms with Gasteiger partial charge in [-0.25, -0.2) is 0 Å². The predicted octanol–water partition coefficient (Wildman–Crippen LogP) is 2.36. The number of likely N-dealkylation sites (tertiary alicyclic amines) is 1. The number of rotatable bonds is 7. The van der Waals surface area contributed by atoms with Crippen LogP contribution in [0, 0.1) is 10.1 Å². The molecule has 1 aromatic heterocycles. The van der Waals surface area contributed by atoms with Crippen LogP contribution >= 0.6 is 0 Å². The first-order valence-corrected chi connectivity index (χ1v) is 9.39. The highest BCUT2D eigenvalue weighted by Gasteiger charge is 2.45. The number of hydrogen-bond donors (Lipinski definition) is 1. The van der Waals surface area contributed by atoms with Crippen LogP contribution in [0.2, 0.25) is 0 Å². The molecule has 3 rings (SSSR count). The van der Waals surface area contributed by atoms with Crippen LogP contribution in [-0.2, 0) is 9.59 Å². The minimum atomic E-state index is -0.787. The average Bonchev–Trinajstić information content (AvgIpc) is 2.98. The lowest BCUT2D eigenvalue weighted by atomic mass is 9.96. The van der Waals surface area contributed by atoms with Crippen molar-refractivity contribution in [1.82, 2.24) is 14.8 Å². The molecule has 0 radical (unpaired) electrons. The highest BCUT2D eigenvalue weighted by Crippen LogP contribution is 2.39. The molecule has 0 saturated carbocycles. The van der Waals surface area contributed by atoms with Crippen LogP contribution in [0.15, 0.2) is 54.4 Å². The molecule has 1 unspecified atom stereocenters. The average molecular weight is 410 g/mol. The Balaban J connectivity index is 2.05. The summed E-state index contributed by atoms with van der Waals surface area (Å²) in [5.41, 5.74) is 0.636. The molecular weight excluding hydrogens is 388 g/mol. The maximum absolute atomic E-state index is 12.8. The van der Waals surface area contributed by atoms with Crippen molar-refractivity contribution >= 4 is 23.1 Å². The molecular formula is C21H22N4O5. The van der Waals surface area contributed by atoms with Crippen LogP contribution in [0.1, 0.15) is 23.6 Å². The summed E-state index contributed by atoms with van der Waals surface area (Å²) in [6.45, 7) is 1.06. The van der Waals surface area contributed by atoms with Gasteiger partial charge < -0.3 is 14.9 Å². The van der Waals surface area contributed by atoms with Gasteiger partial charge >= 0.3 is 0 Å². The molecule has 9 heteroatoms. The number of pyridine rings is 1. The summed E-state index contributed by atoms with van der Waals surface area (Å²) in [5, 5.41) is 21.8. The molecule has 0 spiro atoms. The lowest BCUT2D eigenvalue weighted by Crippen LogP contribution is -2.32. The molecule has 1 amide bonds. The van der Waals surface area contributed by atoms with Crippen molar-refractivity contribution in [3.05, 3.63) is 75.6 Å². The molecule has 1 fully saturated rings. The molecule has 1 saturated heterocycles. The predicted molar refractivity (Wildman–Crippen MR) is 110 cm³/mol. The zero-order valence-electron chi connectivity index (χ0n) is 16.7. The van der Waals surface area contributed by atoms with Crippen LogP contribution in [0.5, 0.6) is 0 Å². The lowest BCUT2D eigenvalue weighted by Gasteiger charge is -2.25. The number of nitro benzene ring substituents is 1. The molecule has 1 aliphatic rings. The van der Waals surface area contributed by atoms with Crippen molar-refractivity contribution in [1.29, 1.82) is 0 Å². The molecule has 2 heterocycles. The molecule has 30 heavy (non-hydrogen) atoms. The van der Waals surface area contributed by atoms with E-state index in [4.69, 9.17) is 0 Å². The van der Waals surface area contributed by atoms with Crippen LogP contribution < -0.4 is 0 Å². The summed E-state index contributed by atoms with van der Waals surface area (Å²) >= 11 is 0. The Morgan fingerprint density at radius 2 is 1.93 bits per heavy atom. The van der Waals surface area contributed by atoms with Gasteiger partial charge in [-0.15, -0.1) is 0 Å². The number of carbonyl (C=O) groups is 2. The van der Waals surface area contributed by atoms with Crippen molar-refractivity contribution in [2.45, 2.75) is 12.5 Å². The summed E-state index contributed by atoms with van der Waals surface area (Å²) < 4.78 is 0. The number of nitro groups is 1. The largest absolute Gasteiger partial charge is 0.507 e. The van der Waals surface area contributed by atoms with Crippen LogP contribution in [0.25, 0.3) is 5.76 Å². The van der Waals surface area contributed by atoms with Gasteiger partial charge in [0.1, 0.15) is 5.76 Å². The van der Waals surface area contributed by atoms with Crippen molar-refractivity contribution in [3.63, 3.8) is 0 Å². The minimum Gasteiger partial charge on any atom is -0.507 e. The summed E-state index contributed by atoms with van der Waals surface area (Å²) in [5.74, 6) is -1.84. The molecule has 0 aliphatic carbocycles. The Hall–Kier alpha value is -3.59. The second-order valence-corrected chi connectivity index (χ2v) is 7.24. The Morgan fingerprint density at radius 1 is 1.23 bits per heavy atom. The van der Waals surface area contributed by atoms with Gasteiger partial charge in [-0.05, 0) is 50.8 Å². The normalized spacial score (nSPS) is 18.2. The van der Waals surface area contributed by atoms with Gasteiger partial charge in [-0.3, -0.25) is 24.7 Å². The fourth-order valence-electron chi connectivity index (χ4n) is 3.45. The Morgan fingerprint density at radius 3 is 2.50 bits per heavy atom. The summed E-state index contributed by atoms with van der Waals surface area (Å²) in [6, 6.07) is 7.84. The van der Waals surface area contributed by atoms with Gasteiger partial charge in [0, 0.05) is 36.6 Å². The lowest BCUT2D eigenvalue weighted by molar-refractivity contribution is -0.384. The van der Waals surface area contributed by atoms with E-state index in [1.165, 1.54) is 29.2 Å². The van der Waals surface area contributed by atoms with Gasteiger partial charge in [-0.2, -0.15) is 0 Å². The third-order valence-electron chi connectivity index (χ3n) is 4.90. The summed E-state index contributed by atoms with van der Waals surface area (Å²) in [6.07, 6.45) is 3.78. The monoisotopic (exact) mass is 410 g/mol. The van der Waals surface area contributed by atoms with E-state index in [2.05, 4.69) is 4.98 Å². The molecule has 1 atom stereocenters. The SMILES string of the molecule is CN(C)CCCN1C(=O)C(=O)/C(=C(\O)c2ccc([N+](=O)[O-])cc2)C1c1cccnc1. The molecule has 1 N–H and O–H groups in total. The number of amides is 1. The zero-order chi connectivity index (χ0) is 21.8. The van der Waals surface area contributed by atoms with E-state index in [0.717, 1.165) is 6.54 Å². The van der Waals surface area contributed by atoms with Gasteiger partial charge in [0.25, 0.3) is 17.4 Å². The summed E-state index contributed by atoms with van der Waals surface area (Å²) in [4.78, 5) is 43.4. The Kier molecular flexibility index (Phi) is 6.22. The third-order valence-corrected chi connectivity index (χ3v) is 4.90. The van der Waals surface area contributed by atoms with E-state index in [0.29, 0.717) is 18.5 Å². The topological polar surface area (TPSA) is 117 Å². The van der Waals surface area contributed by atoms with Gasteiger partial charge in [0.15, 0.2) is 0 Å². The number of Topliss-reactive ketones (excluding diaryl/α,β-unsaturated/α-hetero) is 1. The van der Waals surface area contributed by atoms with E-state index < -0.39 is 22.7 Å². The smallest absolute Gasteiger partial charge is 0.295 e. The number of aromatic nitrogens is 1. The Bertz CT molecular complexity index is 986. The van der Waals surface area contributed by atoms with Crippen molar-refractivity contribution < 1.29 is 19.6 Å². The van der Waals surface area contributed by atoms with Gasteiger partial charge in [-0.1, -0.05) is 6.07 Å². The fourth-order valence-corrected chi connectivity index (χ4v) is 3.45. The number of carbonyl (C=O) groups excluding carboxylic acids is 2. The third kappa shape index (κ3) is 4.20. The number of benzene rings is 1. The molecule has 2 aromatic rings. The first-order valence-electron chi connectivity index (χ1n) is 9.39. The number of aliphatic hydroxyl groups excluding tert-OH is 1. The van der Waals surface area contributed by atoms with Gasteiger partial charge in [0.05, 0.1) is 16.5 Å². The van der Waals surface area contributed by atoms with Gasteiger partial charge in [0.2, 0.25) is 0 Å². The van der Waals surface area contributed by atoms with E-state index >= 15 is 0 Å². The van der Waals surface area contributed by atoms with Crippen molar-refractivity contribution in [2.75, 3.05) is 27.2 Å². The van der Waals surface area contributed by atoms with Crippen LogP contribution in [-0.4, -0.2) is 63.7 Å². The molecule has 1 aromatic carbocycles. The van der Waals surface area contributed by atoms with Crippen LogP contribution in [0.3, 0.4) is 0 Å². The van der Waals surface area contributed by atoms with E-state index in [1.54, 1.807) is 24.5 Å². The maximum Gasteiger partial charge on any atom is 0.295 e. The van der Waals surface area contributed by atoms with E-state index in [9.17, 15) is 24.8 Å². The number of hydrogen-bond acceptors (Lipinski definition) is 7. The second-order valence-electron chi connectivity index (χ2n) is 7.24. The van der Waals surface area contributed by atoms with Crippen molar-refractivity contribution in [3.8, 4) is 0 Å². The molecule has 156 valence electrons.